The summed E-state index contributed by atoms with van der Waals surface area (Å²) in [5.41, 5.74) is 1.12. The maximum Gasteiger partial charge on any atom is 0.294 e. The molecule has 4 rings (SSSR count). The van der Waals surface area contributed by atoms with Crippen LogP contribution in [0.3, 0.4) is 0 Å². The van der Waals surface area contributed by atoms with Crippen LogP contribution in [-0.2, 0) is 16.5 Å². The molecule has 1 aromatic carbocycles. The van der Waals surface area contributed by atoms with Crippen molar-refractivity contribution >= 4 is 27.7 Å². The first-order valence-electron chi connectivity index (χ1n) is 10.2. The molecule has 1 saturated carbocycles. The molecule has 2 atom stereocenters. The Morgan fingerprint density at radius 1 is 1.10 bits per heavy atom. The van der Waals surface area contributed by atoms with Crippen LogP contribution in [0.1, 0.15) is 37.7 Å². The number of benzene rings is 1. The minimum atomic E-state index is -4.10. The summed E-state index contributed by atoms with van der Waals surface area (Å²) in [6.45, 7) is 2.02. The van der Waals surface area contributed by atoms with Crippen molar-refractivity contribution in [3.63, 3.8) is 0 Å². The summed E-state index contributed by atoms with van der Waals surface area (Å²) in [5.74, 6) is 3.26. The average molecular weight is 436 g/mol. The van der Waals surface area contributed by atoms with Crippen molar-refractivity contribution in [3.8, 4) is 0 Å². The number of hydrogen-bond acceptors (Lipinski definition) is 5. The second kappa shape index (κ2) is 8.58. The predicted molar refractivity (Wildman–Crippen MR) is 113 cm³/mol. The Bertz CT molecular complexity index is 927. The van der Waals surface area contributed by atoms with Gasteiger partial charge in [-0.15, -0.1) is 0 Å². The first-order valence-corrected chi connectivity index (χ1v) is 12.0. The number of rotatable bonds is 7. The maximum atomic E-state index is 11.1. The highest BCUT2D eigenvalue weighted by Crippen LogP contribution is 2.50. The molecule has 1 aliphatic heterocycles. The molecule has 0 amide bonds. The van der Waals surface area contributed by atoms with E-state index in [2.05, 4.69) is 14.9 Å². The Balaban J connectivity index is 1.18. The number of hydrogen-bond donors (Lipinski definition) is 1. The number of nitrogens with zero attached hydrogens (tertiary/aromatic N) is 3. The summed E-state index contributed by atoms with van der Waals surface area (Å²) in [7, 11) is -4.10. The number of aryl methyl sites for hydroxylation is 1. The minimum Gasteiger partial charge on any atom is -0.341 e. The van der Waals surface area contributed by atoms with Gasteiger partial charge in [0.25, 0.3) is 10.1 Å². The van der Waals surface area contributed by atoms with Crippen LogP contribution in [-0.4, -0.2) is 36.0 Å². The van der Waals surface area contributed by atoms with Crippen molar-refractivity contribution in [1.29, 1.82) is 0 Å². The van der Waals surface area contributed by atoms with Crippen LogP contribution in [0.15, 0.2) is 41.6 Å². The zero-order valence-electron chi connectivity index (χ0n) is 16.2. The van der Waals surface area contributed by atoms with Crippen LogP contribution in [0.2, 0.25) is 5.02 Å². The van der Waals surface area contributed by atoms with Gasteiger partial charge in [0, 0.05) is 13.1 Å². The SMILES string of the molecule is O=S(=O)(O)c1ccc(CCC[C@H]2C[C@H]2C2CCN(c3ncc(Cl)cn3)CC2)cc1. The second-order valence-electron chi connectivity index (χ2n) is 8.20. The van der Waals surface area contributed by atoms with E-state index in [-0.39, 0.29) is 4.90 Å². The molecular weight excluding hydrogens is 410 g/mol. The van der Waals surface area contributed by atoms with Crippen molar-refractivity contribution in [1.82, 2.24) is 9.97 Å². The third-order valence-corrected chi connectivity index (χ3v) is 7.34. The normalized spacial score (nSPS) is 22.6. The van der Waals surface area contributed by atoms with Crippen LogP contribution in [0.5, 0.6) is 0 Å². The highest BCUT2D eigenvalue weighted by Gasteiger charge is 2.42. The summed E-state index contributed by atoms with van der Waals surface area (Å²) < 4.78 is 31.2. The van der Waals surface area contributed by atoms with Gasteiger partial charge in [-0.3, -0.25) is 4.55 Å². The van der Waals surface area contributed by atoms with E-state index < -0.39 is 10.1 Å². The lowest BCUT2D eigenvalue weighted by atomic mass is 9.90. The van der Waals surface area contributed by atoms with E-state index in [0.29, 0.717) is 5.02 Å². The van der Waals surface area contributed by atoms with Gasteiger partial charge in [0.1, 0.15) is 0 Å². The topological polar surface area (TPSA) is 83.4 Å². The molecule has 2 fully saturated rings. The number of halogens is 1. The smallest absolute Gasteiger partial charge is 0.294 e. The van der Waals surface area contributed by atoms with Crippen LogP contribution >= 0.6 is 11.6 Å². The fourth-order valence-electron chi connectivity index (χ4n) is 4.57. The fourth-order valence-corrected chi connectivity index (χ4v) is 5.15. The first kappa shape index (κ1) is 20.6. The summed E-state index contributed by atoms with van der Waals surface area (Å²) in [5, 5.41) is 0.568. The molecule has 0 radical (unpaired) electrons. The molecule has 2 aromatic rings. The van der Waals surface area contributed by atoms with Crippen molar-refractivity contribution in [2.45, 2.75) is 43.4 Å². The summed E-state index contributed by atoms with van der Waals surface area (Å²) in [6, 6.07) is 6.54. The van der Waals surface area contributed by atoms with Crippen molar-refractivity contribution in [2.24, 2.45) is 17.8 Å². The molecule has 1 saturated heterocycles. The Kier molecular flexibility index (Phi) is 6.08. The van der Waals surface area contributed by atoms with Crippen LogP contribution in [0, 0.1) is 17.8 Å². The van der Waals surface area contributed by atoms with Gasteiger partial charge in [0.05, 0.1) is 22.3 Å². The van der Waals surface area contributed by atoms with Crippen molar-refractivity contribution in [2.75, 3.05) is 18.0 Å². The Morgan fingerprint density at radius 2 is 1.76 bits per heavy atom. The molecule has 8 heteroatoms. The lowest BCUT2D eigenvalue weighted by molar-refractivity contribution is 0.341. The number of anilines is 1. The molecular formula is C21H26ClN3O3S. The first-order chi connectivity index (χ1) is 13.9. The van der Waals surface area contributed by atoms with E-state index in [9.17, 15) is 8.42 Å². The van der Waals surface area contributed by atoms with E-state index in [4.69, 9.17) is 16.2 Å². The van der Waals surface area contributed by atoms with Gasteiger partial charge in [-0.1, -0.05) is 23.7 Å². The summed E-state index contributed by atoms with van der Waals surface area (Å²) in [6.07, 6.45) is 10.3. The van der Waals surface area contributed by atoms with Crippen LogP contribution in [0.25, 0.3) is 0 Å². The largest absolute Gasteiger partial charge is 0.341 e. The highest BCUT2D eigenvalue weighted by molar-refractivity contribution is 7.85. The highest BCUT2D eigenvalue weighted by atomic mass is 35.5. The van der Waals surface area contributed by atoms with Gasteiger partial charge in [-0.25, -0.2) is 9.97 Å². The molecule has 1 N–H and O–H groups in total. The summed E-state index contributed by atoms with van der Waals surface area (Å²) in [4.78, 5) is 10.9. The maximum absolute atomic E-state index is 11.1. The molecule has 0 bridgehead atoms. The van der Waals surface area contributed by atoms with Crippen molar-refractivity contribution < 1.29 is 13.0 Å². The quantitative estimate of drug-likeness (QED) is 0.654. The molecule has 2 aliphatic rings. The van der Waals surface area contributed by atoms with E-state index in [1.165, 1.54) is 37.8 Å². The molecule has 0 unspecified atom stereocenters. The molecule has 2 heterocycles. The van der Waals surface area contributed by atoms with Gasteiger partial charge in [-0.2, -0.15) is 8.42 Å². The van der Waals surface area contributed by atoms with Gasteiger partial charge in [-0.05, 0) is 74.0 Å². The molecule has 0 spiro atoms. The van der Waals surface area contributed by atoms with E-state index in [0.717, 1.165) is 55.2 Å². The zero-order valence-corrected chi connectivity index (χ0v) is 17.8. The van der Waals surface area contributed by atoms with Crippen LogP contribution in [0.4, 0.5) is 5.95 Å². The van der Waals surface area contributed by atoms with Gasteiger partial charge in [0.15, 0.2) is 0 Å². The second-order valence-corrected chi connectivity index (χ2v) is 10.1. The van der Waals surface area contributed by atoms with Gasteiger partial charge in [0.2, 0.25) is 5.95 Å². The third-order valence-electron chi connectivity index (χ3n) is 6.27. The molecule has 156 valence electrons. The summed E-state index contributed by atoms with van der Waals surface area (Å²) >= 11 is 5.87. The van der Waals surface area contributed by atoms with E-state index >= 15 is 0 Å². The predicted octanol–water partition coefficient (Wildman–Crippen LogP) is 4.25. The van der Waals surface area contributed by atoms with Crippen molar-refractivity contribution in [3.05, 3.63) is 47.2 Å². The van der Waals surface area contributed by atoms with Gasteiger partial charge >= 0.3 is 0 Å². The lowest BCUT2D eigenvalue weighted by Gasteiger charge is -2.32. The fraction of sp³-hybridized carbons (Fsp3) is 0.524. The Morgan fingerprint density at radius 3 is 2.38 bits per heavy atom. The van der Waals surface area contributed by atoms with Crippen LogP contribution < -0.4 is 4.90 Å². The minimum absolute atomic E-state index is 0.0427. The molecule has 1 aliphatic carbocycles. The van der Waals surface area contributed by atoms with E-state index in [1.807, 2.05) is 0 Å². The average Bonchev–Trinajstić information content (AvgIpc) is 3.48. The third kappa shape index (κ3) is 5.27. The zero-order chi connectivity index (χ0) is 20.4. The Labute approximate surface area is 177 Å². The monoisotopic (exact) mass is 435 g/mol. The number of aromatic nitrogens is 2. The molecule has 29 heavy (non-hydrogen) atoms. The number of piperidine rings is 1. The van der Waals surface area contributed by atoms with E-state index in [1.54, 1.807) is 24.5 Å². The Hall–Kier alpha value is -1.70. The lowest BCUT2D eigenvalue weighted by Crippen LogP contribution is -2.35. The molecule has 6 nitrogen and oxygen atoms in total. The standard InChI is InChI=1S/C21H26ClN3O3S/c22-18-13-23-21(24-14-18)25-10-8-16(9-11-25)20-12-17(20)3-1-2-15-4-6-19(7-5-15)29(26,27)28/h4-7,13-14,16-17,20H,1-3,8-12H2,(H,26,27,28)/t17-,20-/m0/s1. The van der Waals surface area contributed by atoms with Gasteiger partial charge < -0.3 is 4.90 Å². The molecule has 1 aromatic heterocycles.